The molecular weight excluding hydrogens is 403 g/mol. The van der Waals surface area contributed by atoms with E-state index in [0.29, 0.717) is 21.2 Å². The third kappa shape index (κ3) is 4.59. The molecular formula is C21H16Cl2O3S. The Morgan fingerprint density at radius 3 is 2.26 bits per heavy atom. The van der Waals surface area contributed by atoms with Crippen LogP contribution in [0.25, 0.3) is 11.1 Å². The van der Waals surface area contributed by atoms with E-state index in [4.69, 9.17) is 23.2 Å². The predicted octanol–water partition coefficient (Wildman–Crippen LogP) is 5.84. The molecule has 0 aromatic heterocycles. The number of hydrogen-bond donors (Lipinski definition) is 0. The Morgan fingerprint density at radius 1 is 0.926 bits per heavy atom. The molecule has 0 aliphatic carbocycles. The molecule has 0 atom stereocenters. The summed E-state index contributed by atoms with van der Waals surface area (Å²) >= 11 is 12.1. The summed E-state index contributed by atoms with van der Waals surface area (Å²) in [6.45, 7) is 1.45. The number of Topliss-reactive ketones (excluding diaryl/α,β-unsaturated/α-hetero) is 1. The van der Waals surface area contributed by atoms with Gasteiger partial charge in [0.1, 0.15) is 0 Å². The van der Waals surface area contributed by atoms with Gasteiger partial charge < -0.3 is 0 Å². The van der Waals surface area contributed by atoms with Crippen LogP contribution in [-0.4, -0.2) is 14.2 Å². The maximum absolute atomic E-state index is 12.7. The number of sulfone groups is 1. The molecule has 3 aromatic carbocycles. The summed E-state index contributed by atoms with van der Waals surface area (Å²) in [6.07, 6.45) is 0. The topological polar surface area (TPSA) is 51.2 Å². The van der Waals surface area contributed by atoms with Crippen molar-refractivity contribution < 1.29 is 13.2 Å². The molecule has 0 fully saturated rings. The fourth-order valence-corrected chi connectivity index (χ4v) is 4.60. The molecule has 27 heavy (non-hydrogen) atoms. The van der Waals surface area contributed by atoms with Gasteiger partial charge in [-0.1, -0.05) is 59.6 Å². The highest BCUT2D eigenvalue weighted by Crippen LogP contribution is 2.31. The summed E-state index contributed by atoms with van der Waals surface area (Å²) in [5.41, 5.74) is 2.65. The van der Waals surface area contributed by atoms with E-state index in [0.717, 1.165) is 11.1 Å². The molecule has 0 aliphatic heterocycles. The third-order valence-electron chi connectivity index (χ3n) is 4.15. The van der Waals surface area contributed by atoms with E-state index in [9.17, 15) is 13.2 Å². The first kappa shape index (κ1) is 19.6. The summed E-state index contributed by atoms with van der Waals surface area (Å²) in [4.78, 5) is 11.7. The minimum absolute atomic E-state index is 0.0987. The highest BCUT2D eigenvalue weighted by atomic mass is 35.5. The average molecular weight is 419 g/mol. The average Bonchev–Trinajstić information content (AvgIpc) is 2.62. The summed E-state index contributed by atoms with van der Waals surface area (Å²) < 4.78 is 25.4. The number of carbonyl (C=O) groups excluding carboxylic acids is 1. The van der Waals surface area contributed by atoms with Crippen LogP contribution in [0.4, 0.5) is 0 Å². The van der Waals surface area contributed by atoms with Crippen molar-refractivity contribution in [3.63, 3.8) is 0 Å². The number of hydrogen-bond acceptors (Lipinski definition) is 3. The molecule has 3 rings (SSSR count). The zero-order valence-corrected chi connectivity index (χ0v) is 16.8. The molecule has 0 unspecified atom stereocenters. The molecule has 0 spiro atoms. The molecule has 0 aliphatic rings. The molecule has 0 radical (unpaired) electrons. The van der Waals surface area contributed by atoms with Crippen molar-refractivity contribution in [1.82, 2.24) is 0 Å². The van der Waals surface area contributed by atoms with E-state index in [1.54, 1.807) is 66.7 Å². The van der Waals surface area contributed by atoms with Gasteiger partial charge in [0.2, 0.25) is 0 Å². The van der Waals surface area contributed by atoms with Crippen molar-refractivity contribution >= 4 is 38.8 Å². The largest absolute Gasteiger partial charge is 0.295 e. The zero-order valence-electron chi connectivity index (χ0n) is 14.4. The van der Waals surface area contributed by atoms with E-state index >= 15 is 0 Å². The van der Waals surface area contributed by atoms with Crippen LogP contribution >= 0.6 is 23.2 Å². The molecule has 0 saturated carbocycles. The fraction of sp³-hybridized carbons (Fsp3) is 0.0952. The van der Waals surface area contributed by atoms with Gasteiger partial charge in [0, 0.05) is 21.2 Å². The van der Waals surface area contributed by atoms with Gasteiger partial charge in [0.25, 0.3) is 0 Å². The van der Waals surface area contributed by atoms with Crippen LogP contribution in [0.5, 0.6) is 0 Å². The highest BCUT2D eigenvalue weighted by Gasteiger charge is 2.16. The lowest BCUT2D eigenvalue weighted by Crippen LogP contribution is -2.06. The molecule has 138 valence electrons. The van der Waals surface area contributed by atoms with Crippen LogP contribution in [0, 0.1) is 0 Å². The molecule has 0 heterocycles. The highest BCUT2D eigenvalue weighted by molar-refractivity contribution is 7.90. The lowest BCUT2D eigenvalue weighted by atomic mass is 10.1. The standard InChI is InChI=1S/C21H16Cl2O3S/c1-14(24)17-4-2-3-15(11-17)13-27(25,26)19-8-5-16(6-9-19)20-10-7-18(22)12-21(20)23/h2-12H,13H2,1H3. The van der Waals surface area contributed by atoms with Crippen molar-refractivity contribution in [1.29, 1.82) is 0 Å². The summed E-state index contributed by atoms with van der Waals surface area (Å²) in [6, 6.07) is 18.4. The smallest absolute Gasteiger partial charge is 0.182 e. The Kier molecular flexibility index (Phi) is 5.70. The Morgan fingerprint density at radius 2 is 1.63 bits per heavy atom. The Balaban J connectivity index is 1.87. The fourth-order valence-electron chi connectivity index (χ4n) is 2.75. The van der Waals surface area contributed by atoms with E-state index < -0.39 is 9.84 Å². The molecule has 6 heteroatoms. The molecule has 0 saturated heterocycles. The molecule has 3 aromatic rings. The van der Waals surface area contributed by atoms with Crippen molar-refractivity contribution in [3.05, 3.63) is 87.9 Å². The molecule has 3 nitrogen and oxygen atoms in total. The number of ketones is 1. The molecule has 0 amide bonds. The SMILES string of the molecule is CC(=O)c1cccc(CS(=O)(=O)c2ccc(-c3ccc(Cl)cc3Cl)cc2)c1. The van der Waals surface area contributed by atoms with Crippen molar-refractivity contribution in [2.75, 3.05) is 0 Å². The van der Waals surface area contributed by atoms with Crippen LogP contribution in [0.15, 0.2) is 71.6 Å². The monoisotopic (exact) mass is 418 g/mol. The first-order valence-corrected chi connectivity index (χ1v) is 10.6. The van der Waals surface area contributed by atoms with Crippen LogP contribution in [0.3, 0.4) is 0 Å². The van der Waals surface area contributed by atoms with Crippen LogP contribution in [0.2, 0.25) is 10.0 Å². The Bertz CT molecular complexity index is 1100. The molecule has 0 bridgehead atoms. The summed E-state index contributed by atoms with van der Waals surface area (Å²) in [7, 11) is -3.54. The number of rotatable bonds is 5. The molecule has 0 N–H and O–H groups in total. The minimum atomic E-state index is -3.54. The maximum Gasteiger partial charge on any atom is 0.182 e. The summed E-state index contributed by atoms with van der Waals surface area (Å²) in [5, 5.41) is 1.04. The van der Waals surface area contributed by atoms with Gasteiger partial charge in [-0.2, -0.15) is 0 Å². The zero-order chi connectivity index (χ0) is 19.6. The van der Waals surface area contributed by atoms with Crippen molar-refractivity contribution in [3.8, 4) is 11.1 Å². The van der Waals surface area contributed by atoms with Gasteiger partial charge in [-0.25, -0.2) is 8.42 Å². The van der Waals surface area contributed by atoms with Gasteiger partial charge in [-0.15, -0.1) is 0 Å². The van der Waals surface area contributed by atoms with Crippen LogP contribution in [0.1, 0.15) is 22.8 Å². The first-order valence-electron chi connectivity index (χ1n) is 8.14. The van der Waals surface area contributed by atoms with Gasteiger partial charge in [0.15, 0.2) is 15.6 Å². The lowest BCUT2D eigenvalue weighted by Gasteiger charge is -2.09. The number of carbonyl (C=O) groups is 1. The second kappa shape index (κ2) is 7.85. The number of benzene rings is 3. The van der Waals surface area contributed by atoms with Crippen molar-refractivity contribution in [2.24, 2.45) is 0 Å². The van der Waals surface area contributed by atoms with Gasteiger partial charge in [-0.3, -0.25) is 4.79 Å². The maximum atomic E-state index is 12.7. The van der Waals surface area contributed by atoms with E-state index in [1.165, 1.54) is 6.92 Å². The van der Waals surface area contributed by atoms with E-state index in [1.807, 2.05) is 0 Å². The number of halogens is 2. The Hall–Kier alpha value is -2.14. The second-order valence-corrected chi connectivity index (χ2v) is 9.00. The third-order valence-corrected chi connectivity index (χ3v) is 6.40. The van der Waals surface area contributed by atoms with Crippen LogP contribution in [-0.2, 0) is 15.6 Å². The van der Waals surface area contributed by atoms with Crippen molar-refractivity contribution in [2.45, 2.75) is 17.6 Å². The van der Waals surface area contributed by atoms with Gasteiger partial charge in [-0.05, 0) is 48.4 Å². The Labute approximate surface area is 168 Å². The van der Waals surface area contributed by atoms with Crippen LogP contribution < -0.4 is 0 Å². The van der Waals surface area contributed by atoms with Gasteiger partial charge >= 0.3 is 0 Å². The normalized spacial score (nSPS) is 11.4. The minimum Gasteiger partial charge on any atom is -0.295 e. The van der Waals surface area contributed by atoms with E-state index in [-0.39, 0.29) is 16.4 Å². The first-order chi connectivity index (χ1) is 12.8. The predicted molar refractivity (Wildman–Crippen MR) is 109 cm³/mol. The second-order valence-electron chi connectivity index (χ2n) is 6.16. The quantitative estimate of drug-likeness (QED) is 0.489. The van der Waals surface area contributed by atoms with Gasteiger partial charge in [0.05, 0.1) is 10.6 Å². The summed E-state index contributed by atoms with van der Waals surface area (Å²) in [5.74, 6) is -0.270. The lowest BCUT2D eigenvalue weighted by molar-refractivity contribution is 0.101. The van der Waals surface area contributed by atoms with E-state index in [2.05, 4.69) is 0 Å².